The molecule has 1 amide bonds. The minimum atomic E-state index is -1.82. The number of benzene rings is 2. The van der Waals surface area contributed by atoms with Gasteiger partial charge in [0.2, 0.25) is 5.91 Å². The summed E-state index contributed by atoms with van der Waals surface area (Å²) in [4.78, 5) is 29.9. The van der Waals surface area contributed by atoms with Gasteiger partial charge in [-0.05, 0) is 23.3 Å². The first-order valence-corrected chi connectivity index (χ1v) is 8.74. The van der Waals surface area contributed by atoms with Crippen LogP contribution in [0.3, 0.4) is 0 Å². The molecule has 2 rings (SSSR count). The maximum atomic E-state index is 11.8. The number of phenols is 1. The third-order valence-corrected chi connectivity index (χ3v) is 3.63. The molecule has 2 aromatic carbocycles. The molecule has 0 fully saturated rings. The van der Waals surface area contributed by atoms with Gasteiger partial charge in [-0.1, -0.05) is 42.5 Å². The molecule has 156 valence electrons. The summed E-state index contributed by atoms with van der Waals surface area (Å²) in [5.41, 5.74) is 1.73. The van der Waals surface area contributed by atoms with Crippen LogP contribution in [0.1, 0.15) is 17.2 Å². The topological polar surface area (TPSA) is 156 Å². The van der Waals surface area contributed by atoms with Crippen LogP contribution >= 0.6 is 0 Å². The van der Waals surface area contributed by atoms with Crippen LogP contribution in [0.25, 0.3) is 0 Å². The van der Waals surface area contributed by atoms with Gasteiger partial charge in [0.05, 0.1) is 12.5 Å². The third-order valence-electron chi connectivity index (χ3n) is 3.63. The first-order valence-electron chi connectivity index (χ1n) is 8.74. The van der Waals surface area contributed by atoms with E-state index in [1.165, 1.54) is 0 Å². The summed E-state index contributed by atoms with van der Waals surface area (Å²) >= 11 is 0. The number of aliphatic hydroxyl groups excluding tert-OH is 1. The molecule has 0 saturated heterocycles. The highest BCUT2D eigenvalue weighted by Crippen LogP contribution is 2.15. The van der Waals surface area contributed by atoms with Crippen molar-refractivity contribution in [1.29, 1.82) is 0 Å². The molecule has 9 nitrogen and oxygen atoms in total. The highest BCUT2D eigenvalue weighted by Gasteiger charge is 2.07. The van der Waals surface area contributed by atoms with Gasteiger partial charge >= 0.3 is 11.9 Å². The lowest BCUT2D eigenvalue weighted by Crippen LogP contribution is -2.34. The van der Waals surface area contributed by atoms with Crippen molar-refractivity contribution in [3.05, 3.63) is 65.7 Å². The van der Waals surface area contributed by atoms with E-state index in [0.717, 1.165) is 11.1 Å². The largest absolute Gasteiger partial charge is 0.508 e. The summed E-state index contributed by atoms with van der Waals surface area (Å²) < 4.78 is 0. The number of phenolic OH excluding ortho intramolecular Hbond substituents is 1. The molecular weight excluding hydrogens is 380 g/mol. The fourth-order valence-corrected chi connectivity index (χ4v) is 2.19. The average Bonchev–Trinajstić information content (AvgIpc) is 2.69. The van der Waals surface area contributed by atoms with E-state index >= 15 is 0 Å². The summed E-state index contributed by atoms with van der Waals surface area (Å²) in [5.74, 6) is -3.49. The van der Waals surface area contributed by atoms with Crippen molar-refractivity contribution in [3.63, 3.8) is 0 Å². The normalized spacial score (nSPS) is 10.9. The van der Waals surface area contributed by atoms with Crippen LogP contribution in [0.2, 0.25) is 0 Å². The van der Waals surface area contributed by atoms with E-state index in [2.05, 4.69) is 10.6 Å². The molecular formula is C20H24N2O7. The summed E-state index contributed by atoms with van der Waals surface area (Å²) in [6, 6.07) is 16.0. The Hall–Kier alpha value is -3.43. The Labute approximate surface area is 167 Å². The molecule has 0 heterocycles. The highest BCUT2D eigenvalue weighted by atomic mass is 16.4. The van der Waals surface area contributed by atoms with Crippen molar-refractivity contribution in [2.75, 3.05) is 19.6 Å². The van der Waals surface area contributed by atoms with Crippen LogP contribution in [-0.4, -0.2) is 57.9 Å². The van der Waals surface area contributed by atoms with Crippen LogP contribution < -0.4 is 10.6 Å². The summed E-state index contributed by atoms with van der Waals surface area (Å²) in [5, 5.41) is 39.9. The van der Waals surface area contributed by atoms with Gasteiger partial charge in [0, 0.05) is 19.6 Å². The lowest BCUT2D eigenvalue weighted by Gasteiger charge is -2.12. The Morgan fingerprint density at radius 2 is 1.45 bits per heavy atom. The van der Waals surface area contributed by atoms with Crippen LogP contribution in [0, 0.1) is 0 Å². The molecule has 29 heavy (non-hydrogen) atoms. The van der Waals surface area contributed by atoms with E-state index in [1.807, 2.05) is 30.3 Å². The molecule has 9 heteroatoms. The number of carboxylic acids is 2. The van der Waals surface area contributed by atoms with Crippen molar-refractivity contribution in [1.82, 2.24) is 10.6 Å². The van der Waals surface area contributed by atoms with Crippen molar-refractivity contribution in [3.8, 4) is 5.75 Å². The Morgan fingerprint density at radius 3 is 2.00 bits per heavy atom. The fourth-order valence-electron chi connectivity index (χ4n) is 2.19. The number of amides is 1. The van der Waals surface area contributed by atoms with Gasteiger partial charge in [-0.2, -0.15) is 0 Å². The summed E-state index contributed by atoms with van der Waals surface area (Å²) in [6.45, 7) is 1.48. The van der Waals surface area contributed by atoms with Crippen molar-refractivity contribution >= 4 is 17.8 Å². The quantitative estimate of drug-likeness (QED) is 0.275. The summed E-state index contributed by atoms with van der Waals surface area (Å²) in [7, 11) is 0. The maximum absolute atomic E-state index is 11.8. The number of carboxylic acid groups (broad SMARTS) is 2. The first-order chi connectivity index (χ1) is 13.8. The van der Waals surface area contributed by atoms with Crippen molar-refractivity contribution in [2.24, 2.45) is 0 Å². The molecule has 0 aliphatic heterocycles. The van der Waals surface area contributed by atoms with E-state index < -0.39 is 18.0 Å². The zero-order valence-electron chi connectivity index (χ0n) is 15.6. The molecule has 0 spiro atoms. The second-order valence-corrected chi connectivity index (χ2v) is 5.93. The molecule has 6 N–H and O–H groups in total. The second-order valence-electron chi connectivity index (χ2n) is 5.93. The summed E-state index contributed by atoms with van der Waals surface area (Å²) in [6.07, 6.45) is -0.271. The molecule has 0 radical (unpaired) electrons. The van der Waals surface area contributed by atoms with Crippen LogP contribution in [0.5, 0.6) is 5.75 Å². The van der Waals surface area contributed by atoms with Crippen LogP contribution in [-0.2, 0) is 20.8 Å². The monoisotopic (exact) mass is 404 g/mol. The number of aliphatic carboxylic acids is 2. The molecule has 0 saturated carbocycles. The third kappa shape index (κ3) is 10.5. The predicted molar refractivity (Wildman–Crippen MR) is 104 cm³/mol. The number of hydrogen-bond acceptors (Lipinski definition) is 6. The van der Waals surface area contributed by atoms with E-state index in [0.29, 0.717) is 26.1 Å². The van der Waals surface area contributed by atoms with Crippen molar-refractivity contribution in [2.45, 2.75) is 12.5 Å². The molecule has 0 aliphatic carbocycles. The van der Waals surface area contributed by atoms with Gasteiger partial charge in [-0.25, -0.2) is 9.59 Å². The number of rotatable bonds is 8. The van der Waals surface area contributed by atoms with Gasteiger partial charge in [-0.3, -0.25) is 4.79 Å². The number of aliphatic hydroxyl groups is 1. The zero-order valence-corrected chi connectivity index (χ0v) is 15.6. The van der Waals surface area contributed by atoms with E-state index in [9.17, 15) is 15.0 Å². The zero-order chi connectivity index (χ0) is 21.6. The predicted octanol–water partition coefficient (Wildman–Crippen LogP) is 0.530. The van der Waals surface area contributed by atoms with E-state index in [4.69, 9.17) is 19.8 Å². The van der Waals surface area contributed by atoms with Gasteiger partial charge in [0.15, 0.2) is 0 Å². The molecule has 1 atom stereocenters. The Balaban J connectivity index is 0.000000612. The molecule has 0 bridgehead atoms. The molecule has 0 aromatic heterocycles. The number of carbonyl (C=O) groups excluding carboxylic acids is 1. The van der Waals surface area contributed by atoms with Crippen LogP contribution in [0.15, 0.2) is 54.6 Å². The Bertz CT molecular complexity index is 767. The Morgan fingerprint density at radius 1 is 0.862 bits per heavy atom. The standard InChI is InChI=1S/C18H22N2O3.C2H2O4/c21-16-8-6-15(7-9-16)17(22)13-19-10-11-20-18(23)12-14-4-2-1-3-5-14;3-1(4)2(5)6/h1-9,17,19,21-22H,10-13H2,(H,20,23);(H,3,4)(H,5,6). The van der Waals surface area contributed by atoms with E-state index in [1.54, 1.807) is 24.3 Å². The van der Waals surface area contributed by atoms with Crippen molar-refractivity contribution < 1.29 is 34.8 Å². The minimum absolute atomic E-state index is 0.0166. The number of hydrogen-bond donors (Lipinski definition) is 6. The van der Waals surface area contributed by atoms with Gasteiger partial charge in [0.25, 0.3) is 0 Å². The van der Waals surface area contributed by atoms with Gasteiger partial charge in [-0.15, -0.1) is 0 Å². The van der Waals surface area contributed by atoms with E-state index in [-0.39, 0.29) is 11.7 Å². The number of aromatic hydroxyl groups is 1. The SMILES string of the molecule is O=C(Cc1ccccc1)NCCNCC(O)c1ccc(O)cc1.O=C(O)C(=O)O. The Kier molecular flexibility index (Phi) is 10.5. The molecule has 0 aliphatic rings. The lowest BCUT2D eigenvalue weighted by atomic mass is 10.1. The second kappa shape index (κ2) is 12.9. The maximum Gasteiger partial charge on any atom is 0.414 e. The lowest BCUT2D eigenvalue weighted by molar-refractivity contribution is -0.159. The number of carbonyl (C=O) groups is 3. The molecule has 2 aromatic rings. The van der Waals surface area contributed by atoms with Gasteiger partial charge in [0.1, 0.15) is 5.75 Å². The minimum Gasteiger partial charge on any atom is -0.508 e. The highest BCUT2D eigenvalue weighted by molar-refractivity contribution is 6.27. The fraction of sp³-hybridized carbons (Fsp3) is 0.250. The van der Waals surface area contributed by atoms with Gasteiger partial charge < -0.3 is 31.1 Å². The number of nitrogens with one attached hydrogen (secondary N) is 2. The first kappa shape index (κ1) is 23.6. The average molecular weight is 404 g/mol. The smallest absolute Gasteiger partial charge is 0.414 e. The molecule has 1 unspecified atom stereocenters. The van der Waals surface area contributed by atoms with Crippen LogP contribution in [0.4, 0.5) is 0 Å².